The van der Waals surface area contributed by atoms with Crippen LogP contribution >= 0.6 is 35.2 Å². The maximum atomic E-state index is 12.8. The zero-order valence-corrected chi connectivity index (χ0v) is 13.6. The van der Waals surface area contributed by atoms with E-state index < -0.39 is 0 Å². The molecule has 0 aliphatic rings. The molecule has 0 aliphatic carbocycles. The first-order valence-corrected chi connectivity index (χ1v) is 7.74. The van der Waals surface area contributed by atoms with Gasteiger partial charge in [-0.25, -0.2) is 4.57 Å². The Bertz CT molecular complexity index is 985. The fourth-order valence-corrected chi connectivity index (χ4v) is 3.79. The summed E-state index contributed by atoms with van der Waals surface area (Å²) in [4.78, 5) is 17.6. The van der Waals surface area contributed by atoms with Gasteiger partial charge in [0.1, 0.15) is 10.6 Å². The van der Waals surface area contributed by atoms with Crippen molar-refractivity contribution in [3.8, 4) is 11.4 Å². The van der Waals surface area contributed by atoms with Crippen molar-refractivity contribution in [2.24, 2.45) is 0 Å². The lowest BCUT2D eigenvalue weighted by Crippen LogP contribution is -2.20. The Kier molecular flexibility index (Phi) is 3.39. The number of H-pyrrole nitrogens is 1. The topological polar surface area (TPSA) is 58.0 Å². The minimum atomic E-state index is -0.256. The van der Waals surface area contributed by atoms with Gasteiger partial charge in [0, 0.05) is 9.90 Å². The standard InChI is InChI=1S/C14H11ClN2O2S2/c1-6-7(2)21-12-11(6)13(19)17(14(20)16-12)9-5-8(15)3-4-10(9)18/h3-5,18H,1-2H3,(H,16,20). The number of halogens is 1. The van der Waals surface area contributed by atoms with Gasteiger partial charge in [0.15, 0.2) is 4.77 Å². The summed E-state index contributed by atoms with van der Waals surface area (Å²) in [7, 11) is 0. The molecule has 0 fully saturated rings. The number of nitrogens with one attached hydrogen (secondary N) is 1. The molecule has 108 valence electrons. The lowest BCUT2D eigenvalue weighted by molar-refractivity contribution is 0.471. The number of rotatable bonds is 1. The molecule has 2 aromatic heterocycles. The predicted molar refractivity (Wildman–Crippen MR) is 88.8 cm³/mol. The second kappa shape index (κ2) is 4.98. The number of aromatic hydroxyl groups is 1. The van der Waals surface area contributed by atoms with Crippen molar-refractivity contribution in [2.75, 3.05) is 0 Å². The van der Waals surface area contributed by atoms with E-state index in [1.54, 1.807) is 6.07 Å². The molecule has 2 N–H and O–H groups in total. The smallest absolute Gasteiger partial charge is 0.268 e. The predicted octanol–water partition coefficient (Wildman–Crippen LogP) is 4.09. The van der Waals surface area contributed by atoms with Crippen molar-refractivity contribution in [2.45, 2.75) is 13.8 Å². The lowest BCUT2D eigenvalue weighted by atomic mass is 10.2. The van der Waals surface area contributed by atoms with Crippen LogP contribution in [0.4, 0.5) is 0 Å². The Labute approximate surface area is 134 Å². The van der Waals surface area contributed by atoms with Crippen LogP contribution in [-0.2, 0) is 0 Å². The zero-order chi connectivity index (χ0) is 15.3. The molecular formula is C14H11ClN2O2S2. The summed E-state index contributed by atoms with van der Waals surface area (Å²) >= 11 is 12.7. The van der Waals surface area contributed by atoms with Gasteiger partial charge in [0.2, 0.25) is 0 Å². The first kappa shape index (κ1) is 14.3. The van der Waals surface area contributed by atoms with E-state index in [2.05, 4.69) is 4.98 Å². The van der Waals surface area contributed by atoms with E-state index >= 15 is 0 Å². The van der Waals surface area contributed by atoms with Gasteiger partial charge in [0.05, 0.1) is 11.1 Å². The molecular weight excluding hydrogens is 328 g/mol. The number of phenolic OH excluding ortho intramolecular Hbond substituents is 1. The van der Waals surface area contributed by atoms with Crippen molar-refractivity contribution in [1.82, 2.24) is 9.55 Å². The Morgan fingerprint density at radius 2 is 2.10 bits per heavy atom. The molecule has 0 spiro atoms. The molecule has 0 saturated heterocycles. The number of thiophene rings is 1. The van der Waals surface area contributed by atoms with Crippen LogP contribution in [0.5, 0.6) is 5.75 Å². The summed E-state index contributed by atoms with van der Waals surface area (Å²) < 4.78 is 1.50. The van der Waals surface area contributed by atoms with Gasteiger partial charge in [-0.15, -0.1) is 11.3 Å². The number of aromatic amines is 1. The van der Waals surface area contributed by atoms with E-state index in [4.69, 9.17) is 23.8 Å². The molecule has 7 heteroatoms. The number of nitrogens with zero attached hydrogens (tertiary/aromatic N) is 1. The first-order chi connectivity index (χ1) is 9.90. The second-order valence-electron chi connectivity index (χ2n) is 4.69. The summed E-state index contributed by atoms with van der Waals surface area (Å²) in [6, 6.07) is 4.51. The first-order valence-electron chi connectivity index (χ1n) is 6.14. The summed E-state index contributed by atoms with van der Waals surface area (Å²) in [6.45, 7) is 3.85. The Balaban J connectivity index is 2.49. The van der Waals surface area contributed by atoms with Crippen molar-refractivity contribution in [3.05, 3.63) is 48.8 Å². The van der Waals surface area contributed by atoms with E-state index in [0.717, 1.165) is 15.3 Å². The maximum absolute atomic E-state index is 12.8. The van der Waals surface area contributed by atoms with Gasteiger partial charge in [0.25, 0.3) is 5.56 Å². The van der Waals surface area contributed by atoms with E-state index in [0.29, 0.717) is 10.4 Å². The highest BCUT2D eigenvalue weighted by atomic mass is 35.5. The molecule has 0 aliphatic heterocycles. The number of hydrogen-bond donors (Lipinski definition) is 2. The number of aromatic nitrogens is 2. The van der Waals surface area contributed by atoms with Crippen molar-refractivity contribution in [3.63, 3.8) is 0 Å². The average Bonchev–Trinajstić information content (AvgIpc) is 2.69. The third kappa shape index (κ3) is 2.19. The number of aryl methyl sites for hydroxylation is 2. The minimum absolute atomic E-state index is 0.0510. The van der Waals surface area contributed by atoms with Crippen molar-refractivity contribution in [1.29, 1.82) is 0 Å². The van der Waals surface area contributed by atoms with Crippen LogP contribution in [0.3, 0.4) is 0 Å². The molecule has 0 unspecified atom stereocenters. The third-order valence-corrected chi connectivity index (χ3v) is 5.05. The molecule has 4 nitrogen and oxygen atoms in total. The van der Waals surface area contributed by atoms with Gasteiger partial charge in [-0.1, -0.05) is 11.6 Å². The lowest BCUT2D eigenvalue weighted by Gasteiger charge is -2.09. The fraction of sp³-hybridized carbons (Fsp3) is 0.143. The Hall–Kier alpha value is -1.63. The van der Waals surface area contributed by atoms with Crippen LogP contribution in [0.15, 0.2) is 23.0 Å². The largest absolute Gasteiger partial charge is 0.506 e. The molecule has 0 atom stereocenters. The molecule has 3 aromatic rings. The molecule has 0 radical (unpaired) electrons. The molecule has 1 aromatic carbocycles. The number of benzene rings is 1. The number of phenols is 1. The van der Waals surface area contributed by atoms with Gasteiger partial charge >= 0.3 is 0 Å². The molecule has 2 heterocycles. The van der Waals surface area contributed by atoms with E-state index in [9.17, 15) is 9.90 Å². The summed E-state index contributed by atoms with van der Waals surface area (Å²) in [5.41, 5.74) is 0.939. The van der Waals surface area contributed by atoms with Crippen LogP contribution in [0, 0.1) is 18.6 Å². The monoisotopic (exact) mass is 338 g/mol. The van der Waals surface area contributed by atoms with Gasteiger partial charge in [-0.3, -0.25) is 4.79 Å². The van der Waals surface area contributed by atoms with Gasteiger partial charge in [-0.05, 0) is 49.8 Å². The summed E-state index contributed by atoms with van der Waals surface area (Å²) in [5, 5.41) is 11.0. The highest BCUT2D eigenvalue weighted by Gasteiger charge is 2.15. The molecule has 0 saturated carbocycles. The third-order valence-electron chi connectivity index (χ3n) is 3.40. The SMILES string of the molecule is Cc1sc2[nH]c(=S)n(-c3cc(Cl)ccc3O)c(=O)c2c1C. The maximum Gasteiger partial charge on any atom is 0.268 e. The molecule has 0 bridgehead atoms. The van der Waals surface area contributed by atoms with Crippen molar-refractivity contribution >= 4 is 45.4 Å². The van der Waals surface area contributed by atoms with Crippen molar-refractivity contribution < 1.29 is 5.11 Å². The summed E-state index contributed by atoms with van der Waals surface area (Å²) in [6.07, 6.45) is 0. The van der Waals surface area contributed by atoms with Gasteiger partial charge in [-0.2, -0.15) is 0 Å². The quantitative estimate of drug-likeness (QED) is 0.657. The van der Waals surface area contributed by atoms with E-state index in [1.165, 1.54) is 28.0 Å². The fourth-order valence-electron chi connectivity index (χ4n) is 2.22. The Morgan fingerprint density at radius 3 is 2.81 bits per heavy atom. The molecule has 3 rings (SSSR count). The van der Waals surface area contributed by atoms with Crippen LogP contribution in [-0.4, -0.2) is 14.7 Å². The van der Waals surface area contributed by atoms with Crippen LogP contribution < -0.4 is 5.56 Å². The van der Waals surface area contributed by atoms with Crippen LogP contribution in [0.25, 0.3) is 15.9 Å². The molecule has 0 amide bonds. The molecule has 21 heavy (non-hydrogen) atoms. The normalized spacial score (nSPS) is 11.2. The van der Waals surface area contributed by atoms with Crippen LogP contribution in [0.1, 0.15) is 10.4 Å². The number of hydrogen-bond acceptors (Lipinski definition) is 4. The van der Waals surface area contributed by atoms with E-state index in [1.807, 2.05) is 13.8 Å². The highest BCUT2D eigenvalue weighted by Crippen LogP contribution is 2.28. The van der Waals surface area contributed by atoms with E-state index in [-0.39, 0.29) is 21.8 Å². The average molecular weight is 339 g/mol. The minimum Gasteiger partial charge on any atom is -0.506 e. The highest BCUT2D eigenvalue weighted by molar-refractivity contribution is 7.71. The number of fused-ring (bicyclic) bond motifs is 1. The summed E-state index contributed by atoms with van der Waals surface area (Å²) in [5.74, 6) is -0.0510. The Morgan fingerprint density at radius 1 is 1.38 bits per heavy atom. The van der Waals surface area contributed by atoms with Gasteiger partial charge < -0.3 is 10.1 Å². The second-order valence-corrected chi connectivity index (χ2v) is 6.74. The zero-order valence-electron chi connectivity index (χ0n) is 11.2. The van der Waals surface area contributed by atoms with Crippen LogP contribution in [0.2, 0.25) is 5.02 Å².